The van der Waals surface area contributed by atoms with Crippen molar-refractivity contribution >= 4 is 5.69 Å². The molecule has 0 saturated heterocycles. The summed E-state index contributed by atoms with van der Waals surface area (Å²) in [4.78, 5) is 0. The highest BCUT2D eigenvalue weighted by Gasteiger charge is 2.31. The van der Waals surface area contributed by atoms with Crippen LogP contribution in [0.25, 0.3) is 0 Å². The molecular formula is C16H23NO3. The van der Waals surface area contributed by atoms with Crippen LogP contribution in [0.3, 0.4) is 0 Å². The number of rotatable bonds is 3. The lowest BCUT2D eigenvalue weighted by Gasteiger charge is -2.28. The fourth-order valence-corrected chi connectivity index (χ4v) is 2.99. The number of fused-ring (bicyclic) bond motifs is 1. The van der Waals surface area contributed by atoms with Crippen LogP contribution in [0, 0.1) is 0 Å². The number of hydrogen-bond acceptors (Lipinski definition) is 4. The van der Waals surface area contributed by atoms with E-state index in [0.29, 0.717) is 12.1 Å². The maximum absolute atomic E-state index is 5.78. The summed E-state index contributed by atoms with van der Waals surface area (Å²) < 4.78 is 16.9. The van der Waals surface area contributed by atoms with E-state index >= 15 is 0 Å². The molecule has 0 radical (unpaired) electrons. The molecule has 1 aliphatic carbocycles. The molecule has 0 unspecified atom stereocenters. The van der Waals surface area contributed by atoms with Crippen LogP contribution < -0.4 is 14.8 Å². The van der Waals surface area contributed by atoms with Crippen molar-refractivity contribution in [3.63, 3.8) is 0 Å². The van der Waals surface area contributed by atoms with Crippen LogP contribution in [0.15, 0.2) is 18.2 Å². The number of hydrogen-bond donors (Lipinski definition) is 1. The van der Waals surface area contributed by atoms with Gasteiger partial charge in [-0.05, 0) is 37.8 Å². The van der Waals surface area contributed by atoms with Crippen LogP contribution >= 0.6 is 0 Å². The van der Waals surface area contributed by atoms with Crippen molar-refractivity contribution in [2.75, 3.05) is 12.4 Å². The van der Waals surface area contributed by atoms with Gasteiger partial charge in [0.05, 0.1) is 6.10 Å². The fraction of sp³-hybridized carbons (Fsp3) is 0.625. The Balaban J connectivity index is 1.63. The van der Waals surface area contributed by atoms with Crippen LogP contribution in [-0.2, 0) is 4.74 Å². The third-order valence-corrected chi connectivity index (χ3v) is 4.03. The first-order chi connectivity index (χ1) is 9.55. The normalized spacial score (nSPS) is 27.4. The Morgan fingerprint density at radius 2 is 1.80 bits per heavy atom. The predicted molar refractivity (Wildman–Crippen MR) is 78.5 cm³/mol. The number of anilines is 1. The van der Waals surface area contributed by atoms with Crippen molar-refractivity contribution in [3.8, 4) is 11.5 Å². The van der Waals surface area contributed by atoms with Gasteiger partial charge >= 0.3 is 0 Å². The summed E-state index contributed by atoms with van der Waals surface area (Å²) in [5.74, 6) is 1.09. The molecular weight excluding hydrogens is 254 g/mol. The molecule has 1 aromatic carbocycles. The highest BCUT2D eigenvalue weighted by Crippen LogP contribution is 2.41. The number of nitrogens with one attached hydrogen (secondary N) is 1. The third kappa shape index (κ3) is 2.85. The maximum Gasteiger partial charge on any atom is 0.246 e. The lowest BCUT2D eigenvalue weighted by Crippen LogP contribution is -2.29. The van der Waals surface area contributed by atoms with Crippen molar-refractivity contribution in [3.05, 3.63) is 18.2 Å². The van der Waals surface area contributed by atoms with E-state index in [9.17, 15) is 0 Å². The molecule has 3 rings (SSSR count). The highest BCUT2D eigenvalue weighted by molar-refractivity contribution is 5.56. The monoisotopic (exact) mass is 277 g/mol. The zero-order valence-corrected chi connectivity index (χ0v) is 12.4. The van der Waals surface area contributed by atoms with Gasteiger partial charge in [0.2, 0.25) is 5.79 Å². The van der Waals surface area contributed by atoms with Crippen LogP contribution in [0.5, 0.6) is 11.5 Å². The summed E-state index contributed by atoms with van der Waals surface area (Å²) in [7, 11) is 1.80. The minimum absolute atomic E-state index is 0.436. The molecule has 1 N–H and O–H groups in total. The molecule has 4 nitrogen and oxygen atoms in total. The Labute approximate surface area is 120 Å². The molecule has 1 heterocycles. The quantitative estimate of drug-likeness (QED) is 0.917. The van der Waals surface area contributed by atoms with Gasteiger partial charge in [-0.15, -0.1) is 0 Å². The molecule has 1 fully saturated rings. The molecule has 2 aliphatic rings. The SMILES string of the molecule is COC1CCC(Nc2ccc3c(c2)OC(C)(C)O3)CC1. The van der Waals surface area contributed by atoms with Gasteiger partial charge in [-0.1, -0.05) is 0 Å². The van der Waals surface area contributed by atoms with Crippen molar-refractivity contribution in [1.29, 1.82) is 0 Å². The van der Waals surface area contributed by atoms with Crippen LogP contribution in [0.4, 0.5) is 5.69 Å². The number of methoxy groups -OCH3 is 1. The molecule has 0 amide bonds. The first kappa shape index (κ1) is 13.6. The lowest BCUT2D eigenvalue weighted by atomic mass is 9.93. The summed E-state index contributed by atoms with van der Waals surface area (Å²) in [6.45, 7) is 3.85. The zero-order valence-electron chi connectivity index (χ0n) is 12.4. The van der Waals surface area contributed by atoms with Crippen molar-refractivity contribution in [1.82, 2.24) is 0 Å². The van der Waals surface area contributed by atoms with Gasteiger partial charge in [0, 0.05) is 38.8 Å². The van der Waals surface area contributed by atoms with E-state index in [1.807, 2.05) is 26.0 Å². The van der Waals surface area contributed by atoms with Crippen molar-refractivity contribution < 1.29 is 14.2 Å². The van der Waals surface area contributed by atoms with E-state index in [1.165, 1.54) is 0 Å². The first-order valence-corrected chi connectivity index (χ1v) is 7.37. The van der Waals surface area contributed by atoms with Gasteiger partial charge in [-0.3, -0.25) is 0 Å². The van der Waals surface area contributed by atoms with Gasteiger partial charge in [0.25, 0.3) is 0 Å². The first-order valence-electron chi connectivity index (χ1n) is 7.37. The summed E-state index contributed by atoms with van der Waals surface area (Å²) in [6.07, 6.45) is 5.00. The second kappa shape index (κ2) is 5.17. The van der Waals surface area contributed by atoms with E-state index in [0.717, 1.165) is 42.9 Å². The second-order valence-electron chi connectivity index (χ2n) is 6.12. The van der Waals surface area contributed by atoms with E-state index in [-0.39, 0.29) is 0 Å². The topological polar surface area (TPSA) is 39.7 Å². The average molecular weight is 277 g/mol. The molecule has 20 heavy (non-hydrogen) atoms. The second-order valence-corrected chi connectivity index (χ2v) is 6.12. The van der Waals surface area contributed by atoms with Gasteiger partial charge in [0.1, 0.15) is 0 Å². The van der Waals surface area contributed by atoms with E-state index < -0.39 is 5.79 Å². The molecule has 0 aromatic heterocycles. The Morgan fingerprint density at radius 3 is 2.50 bits per heavy atom. The molecule has 110 valence electrons. The minimum Gasteiger partial charge on any atom is -0.449 e. The molecule has 1 saturated carbocycles. The summed E-state index contributed by atoms with van der Waals surface area (Å²) in [6, 6.07) is 6.60. The lowest BCUT2D eigenvalue weighted by molar-refractivity contribution is -0.0431. The largest absolute Gasteiger partial charge is 0.449 e. The van der Waals surface area contributed by atoms with Crippen LogP contribution in [-0.4, -0.2) is 25.0 Å². The van der Waals surface area contributed by atoms with Crippen molar-refractivity contribution in [2.45, 2.75) is 57.5 Å². The van der Waals surface area contributed by atoms with Crippen molar-refractivity contribution in [2.24, 2.45) is 0 Å². The van der Waals surface area contributed by atoms with Gasteiger partial charge < -0.3 is 19.5 Å². The predicted octanol–water partition coefficient (Wildman–Crippen LogP) is 3.56. The van der Waals surface area contributed by atoms with E-state index in [4.69, 9.17) is 14.2 Å². The molecule has 4 heteroatoms. The van der Waals surface area contributed by atoms with E-state index in [1.54, 1.807) is 7.11 Å². The molecule has 1 aromatic rings. The van der Waals surface area contributed by atoms with Gasteiger partial charge in [-0.2, -0.15) is 0 Å². The molecule has 0 spiro atoms. The highest BCUT2D eigenvalue weighted by atomic mass is 16.7. The van der Waals surface area contributed by atoms with Gasteiger partial charge in [0.15, 0.2) is 11.5 Å². The fourth-order valence-electron chi connectivity index (χ4n) is 2.99. The number of ether oxygens (including phenoxy) is 3. The van der Waals surface area contributed by atoms with Crippen LogP contribution in [0.2, 0.25) is 0 Å². The minimum atomic E-state index is -0.558. The Hall–Kier alpha value is -1.42. The van der Waals surface area contributed by atoms with Crippen LogP contribution in [0.1, 0.15) is 39.5 Å². The Morgan fingerprint density at radius 1 is 1.10 bits per heavy atom. The Kier molecular flexibility index (Phi) is 3.50. The number of benzene rings is 1. The van der Waals surface area contributed by atoms with Gasteiger partial charge in [-0.25, -0.2) is 0 Å². The summed E-state index contributed by atoms with van der Waals surface area (Å²) in [5.41, 5.74) is 1.10. The average Bonchev–Trinajstić information content (AvgIpc) is 2.73. The standard InChI is InChI=1S/C16H23NO3/c1-16(2)19-14-9-6-12(10-15(14)20-16)17-11-4-7-13(18-3)8-5-11/h6,9-11,13,17H,4-5,7-8H2,1-3H3. The zero-order chi connectivity index (χ0) is 14.2. The van der Waals surface area contributed by atoms with E-state index in [2.05, 4.69) is 11.4 Å². The summed E-state index contributed by atoms with van der Waals surface area (Å²) in [5, 5.41) is 3.59. The smallest absolute Gasteiger partial charge is 0.246 e. The molecule has 0 atom stereocenters. The third-order valence-electron chi connectivity index (χ3n) is 4.03. The molecule has 1 aliphatic heterocycles. The summed E-state index contributed by atoms with van der Waals surface area (Å²) >= 11 is 0. The maximum atomic E-state index is 5.78. The molecule has 0 bridgehead atoms. The Bertz CT molecular complexity index is 479.